The molecule has 6 nitrogen and oxygen atoms in total. The lowest BCUT2D eigenvalue weighted by Gasteiger charge is -2.33. The van der Waals surface area contributed by atoms with Crippen molar-refractivity contribution in [3.8, 4) is 0 Å². The highest BCUT2D eigenvalue weighted by Gasteiger charge is 2.28. The third kappa shape index (κ3) is 2.90. The van der Waals surface area contributed by atoms with Gasteiger partial charge in [0.2, 0.25) is 5.91 Å². The second-order valence-electron chi connectivity index (χ2n) is 4.13. The summed E-state index contributed by atoms with van der Waals surface area (Å²) < 4.78 is 5.24. The van der Waals surface area contributed by atoms with Crippen LogP contribution in [-0.4, -0.2) is 41.6 Å². The van der Waals surface area contributed by atoms with Crippen LogP contribution in [0.15, 0.2) is 12.1 Å². The van der Waals surface area contributed by atoms with E-state index >= 15 is 0 Å². The molecule has 0 saturated carbocycles. The molecule has 1 aliphatic rings. The molecule has 1 aliphatic heterocycles. The summed E-state index contributed by atoms with van der Waals surface area (Å²) in [6.07, 6.45) is 0. The van der Waals surface area contributed by atoms with Crippen molar-refractivity contribution in [1.82, 2.24) is 9.88 Å². The van der Waals surface area contributed by atoms with Gasteiger partial charge in [-0.15, -0.1) is 0 Å². The smallest absolute Gasteiger partial charge is 0.237 e. The number of aromatic nitrogens is 1. The highest BCUT2D eigenvalue weighted by atomic mass is 35.5. The van der Waals surface area contributed by atoms with E-state index in [1.165, 1.54) is 0 Å². The Morgan fingerprint density at radius 3 is 3.11 bits per heavy atom. The van der Waals surface area contributed by atoms with Crippen LogP contribution in [0, 0.1) is 0 Å². The van der Waals surface area contributed by atoms with Gasteiger partial charge in [-0.2, -0.15) is 0 Å². The van der Waals surface area contributed by atoms with Crippen molar-refractivity contribution in [3.05, 3.63) is 22.8 Å². The zero-order valence-corrected chi connectivity index (χ0v) is 10.6. The van der Waals surface area contributed by atoms with Crippen LogP contribution in [0.1, 0.15) is 5.69 Å². The minimum absolute atomic E-state index is 0.301. The third-order valence-electron chi connectivity index (χ3n) is 2.86. The molecule has 1 fully saturated rings. The summed E-state index contributed by atoms with van der Waals surface area (Å²) in [4.78, 5) is 17.4. The summed E-state index contributed by atoms with van der Waals surface area (Å²) in [5, 5.41) is 0.527. The van der Waals surface area contributed by atoms with E-state index < -0.39 is 11.9 Å². The number of carbonyl (C=O) groups excluding carboxylic acids is 1. The number of hydrogen-bond donors (Lipinski definition) is 2. The topological polar surface area (TPSA) is 94.5 Å². The Bertz CT molecular complexity index is 455. The van der Waals surface area contributed by atoms with Gasteiger partial charge in [-0.25, -0.2) is 4.98 Å². The van der Waals surface area contributed by atoms with E-state index in [2.05, 4.69) is 4.98 Å². The molecular formula is C11H15ClN4O2. The number of amides is 1. The summed E-state index contributed by atoms with van der Waals surface area (Å²) in [6, 6.07) is 2.88. The first-order valence-electron chi connectivity index (χ1n) is 5.60. The third-order valence-corrected chi connectivity index (χ3v) is 3.20. The van der Waals surface area contributed by atoms with E-state index in [1.54, 1.807) is 12.1 Å². The van der Waals surface area contributed by atoms with Crippen molar-refractivity contribution < 1.29 is 9.53 Å². The first-order chi connectivity index (χ1) is 8.58. The predicted molar refractivity (Wildman–Crippen MR) is 67.9 cm³/mol. The van der Waals surface area contributed by atoms with Gasteiger partial charge in [0.15, 0.2) is 0 Å². The number of rotatable bonds is 3. The minimum Gasteiger partial charge on any atom is -0.384 e. The van der Waals surface area contributed by atoms with Crippen LogP contribution >= 0.6 is 11.6 Å². The number of carbonyl (C=O) groups is 1. The normalized spacial score (nSPS) is 20.8. The Morgan fingerprint density at radius 2 is 2.39 bits per heavy atom. The Labute approximate surface area is 110 Å². The van der Waals surface area contributed by atoms with E-state index in [9.17, 15) is 4.79 Å². The van der Waals surface area contributed by atoms with Crippen molar-refractivity contribution in [2.45, 2.75) is 12.6 Å². The van der Waals surface area contributed by atoms with Gasteiger partial charge in [0.05, 0.1) is 23.9 Å². The predicted octanol–water partition coefficient (Wildman–Crippen LogP) is 0.00330. The lowest BCUT2D eigenvalue weighted by atomic mass is 10.2. The summed E-state index contributed by atoms with van der Waals surface area (Å²) in [7, 11) is 0. The molecule has 1 unspecified atom stereocenters. The number of ether oxygens (including phenoxy) is 1. The number of nitrogens with two attached hydrogens (primary N) is 2. The molecule has 1 aromatic heterocycles. The summed E-state index contributed by atoms with van der Waals surface area (Å²) in [5.41, 5.74) is 11.6. The molecule has 0 radical (unpaired) electrons. The molecule has 0 spiro atoms. The Hall–Kier alpha value is -1.37. The molecule has 1 amide bonds. The van der Waals surface area contributed by atoms with Crippen LogP contribution < -0.4 is 11.5 Å². The van der Waals surface area contributed by atoms with Gasteiger partial charge in [0, 0.05) is 13.1 Å². The van der Waals surface area contributed by atoms with Crippen LogP contribution in [-0.2, 0) is 16.1 Å². The largest absolute Gasteiger partial charge is 0.384 e. The average Bonchev–Trinajstić information content (AvgIpc) is 2.34. The van der Waals surface area contributed by atoms with E-state index in [0.717, 1.165) is 0 Å². The maximum atomic E-state index is 11.3. The Kier molecular flexibility index (Phi) is 4.00. The second kappa shape index (κ2) is 5.51. The van der Waals surface area contributed by atoms with Crippen molar-refractivity contribution in [2.75, 3.05) is 25.5 Å². The Morgan fingerprint density at radius 1 is 1.61 bits per heavy atom. The fourth-order valence-corrected chi connectivity index (χ4v) is 2.06. The fourth-order valence-electron chi connectivity index (χ4n) is 1.89. The van der Waals surface area contributed by atoms with Crippen LogP contribution in [0.25, 0.3) is 0 Å². The summed E-state index contributed by atoms with van der Waals surface area (Å²) in [5.74, 6) is -0.00647. The zero-order valence-electron chi connectivity index (χ0n) is 9.80. The van der Waals surface area contributed by atoms with Crippen LogP contribution in [0.5, 0.6) is 0 Å². The lowest BCUT2D eigenvalue weighted by Crippen LogP contribution is -2.52. The molecule has 4 N–H and O–H groups in total. The van der Waals surface area contributed by atoms with Crippen molar-refractivity contribution in [3.63, 3.8) is 0 Å². The molecule has 1 aromatic rings. The highest BCUT2D eigenvalue weighted by Crippen LogP contribution is 2.19. The molecule has 2 rings (SSSR count). The fraction of sp³-hybridized carbons (Fsp3) is 0.455. The van der Waals surface area contributed by atoms with Crippen LogP contribution in [0.2, 0.25) is 5.02 Å². The number of anilines is 1. The lowest BCUT2D eigenvalue weighted by molar-refractivity contribution is -0.129. The molecule has 2 heterocycles. The van der Waals surface area contributed by atoms with E-state index in [4.69, 9.17) is 27.8 Å². The average molecular weight is 271 g/mol. The molecule has 1 atom stereocenters. The molecule has 0 bridgehead atoms. The summed E-state index contributed by atoms with van der Waals surface area (Å²) >= 11 is 6.05. The number of pyridine rings is 1. The second-order valence-corrected chi connectivity index (χ2v) is 4.54. The SMILES string of the molecule is NC(=O)C1COCCN1Cc1nc(N)ccc1Cl. The molecule has 7 heteroatoms. The number of nitrogen functional groups attached to an aromatic ring is 1. The maximum Gasteiger partial charge on any atom is 0.237 e. The van der Waals surface area contributed by atoms with Gasteiger partial charge in [-0.3, -0.25) is 9.69 Å². The molecule has 1 saturated heterocycles. The van der Waals surface area contributed by atoms with Crippen molar-refractivity contribution in [1.29, 1.82) is 0 Å². The number of primary amides is 1. The maximum absolute atomic E-state index is 11.3. The van der Waals surface area contributed by atoms with Crippen LogP contribution in [0.4, 0.5) is 5.82 Å². The highest BCUT2D eigenvalue weighted by molar-refractivity contribution is 6.31. The molecule has 0 aliphatic carbocycles. The number of nitrogens with zero attached hydrogens (tertiary/aromatic N) is 2. The van der Waals surface area contributed by atoms with Gasteiger partial charge in [-0.05, 0) is 12.1 Å². The van der Waals surface area contributed by atoms with Crippen molar-refractivity contribution >= 4 is 23.3 Å². The van der Waals surface area contributed by atoms with Gasteiger partial charge in [0.25, 0.3) is 0 Å². The molecule has 98 valence electrons. The van der Waals surface area contributed by atoms with Gasteiger partial charge in [-0.1, -0.05) is 11.6 Å². The molecule has 18 heavy (non-hydrogen) atoms. The van der Waals surface area contributed by atoms with E-state index in [1.807, 2.05) is 4.90 Å². The quantitative estimate of drug-likeness (QED) is 0.806. The molecule has 0 aromatic carbocycles. The van der Waals surface area contributed by atoms with Gasteiger partial charge < -0.3 is 16.2 Å². The summed E-state index contributed by atoms with van der Waals surface area (Å²) in [6.45, 7) is 1.90. The van der Waals surface area contributed by atoms with E-state index in [0.29, 0.717) is 42.8 Å². The minimum atomic E-state index is -0.446. The number of morpholine rings is 1. The molecular weight excluding hydrogens is 256 g/mol. The Balaban J connectivity index is 2.15. The van der Waals surface area contributed by atoms with Crippen molar-refractivity contribution in [2.24, 2.45) is 5.73 Å². The first kappa shape index (κ1) is 13.1. The van der Waals surface area contributed by atoms with Crippen LogP contribution in [0.3, 0.4) is 0 Å². The zero-order chi connectivity index (χ0) is 13.1. The van der Waals surface area contributed by atoms with Gasteiger partial charge in [0.1, 0.15) is 11.9 Å². The monoisotopic (exact) mass is 270 g/mol. The number of halogens is 1. The number of hydrogen-bond acceptors (Lipinski definition) is 5. The first-order valence-corrected chi connectivity index (χ1v) is 5.97. The van der Waals surface area contributed by atoms with Gasteiger partial charge >= 0.3 is 0 Å². The standard InChI is InChI=1S/C11H15ClN4O2/c12-7-1-2-10(13)15-8(7)5-16-3-4-18-6-9(16)11(14)17/h1-2,9H,3-6H2,(H2,13,15)(H2,14,17). The van der Waals surface area contributed by atoms with E-state index in [-0.39, 0.29) is 0 Å².